The van der Waals surface area contributed by atoms with Crippen molar-refractivity contribution in [1.82, 2.24) is 5.32 Å². The summed E-state index contributed by atoms with van der Waals surface area (Å²) in [7, 11) is 1.38. The van der Waals surface area contributed by atoms with Crippen molar-refractivity contribution in [3.63, 3.8) is 0 Å². The van der Waals surface area contributed by atoms with Gasteiger partial charge in [-0.1, -0.05) is 6.07 Å². The second-order valence-corrected chi connectivity index (χ2v) is 4.60. The van der Waals surface area contributed by atoms with Gasteiger partial charge in [0.1, 0.15) is 6.04 Å². The molecule has 0 spiro atoms. The van der Waals surface area contributed by atoms with Crippen LogP contribution >= 0.6 is 0 Å². The number of carboxylic acid groups (broad SMARTS) is 2. The highest BCUT2D eigenvalue weighted by Gasteiger charge is 2.19. The van der Waals surface area contributed by atoms with Crippen LogP contribution in [0, 0.1) is 0 Å². The smallest absolute Gasteiger partial charge is 0.326 e. The molecule has 0 saturated heterocycles. The van der Waals surface area contributed by atoms with Gasteiger partial charge in [-0.2, -0.15) is 0 Å². The first-order valence-electron chi connectivity index (χ1n) is 6.63. The minimum atomic E-state index is -1.31. The van der Waals surface area contributed by atoms with Crippen LogP contribution in [0.15, 0.2) is 24.3 Å². The molecule has 8 heteroatoms. The van der Waals surface area contributed by atoms with E-state index in [9.17, 15) is 19.5 Å². The van der Waals surface area contributed by atoms with E-state index in [1.807, 2.05) is 0 Å². The molecule has 0 aliphatic rings. The van der Waals surface area contributed by atoms with Crippen molar-refractivity contribution in [2.75, 3.05) is 7.11 Å². The summed E-state index contributed by atoms with van der Waals surface area (Å²) in [6.07, 6.45) is 1.95. The highest BCUT2D eigenvalue weighted by Crippen LogP contribution is 2.26. The van der Waals surface area contributed by atoms with E-state index >= 15 is 0 Å². The summed E-state index contributed by atoms with van der Waals surface area (Å²) >= 11 is 0. The van der Waals surface area contributed by atoms with Gasteiger partial charge in [0.2, 0.25) is 5.91 Å². The fraction of sp³-hybridized carbons (Fsp3) is 0.267. The number of rotatable bonds is 8. The lowest BCUT2D eigenvalue weighted by atomic mass is 10.1. The van der Waals surface area contributed by atoms with E-state index in [0.29, 0.717) is 5.56 Å². The predicted octanol–water partition coefficient (Wildman–Crippen LogP) is 0.848. The van der Waals surface area contributed by atoms with Gasteiger partial charge in [0.15, 0.2) is 11.5 Å². The number of aliphatic carboxylic acids is 2. The minimum absolute atomic E-state index is 0.0475. The number of ether oxygens (including phenoxy) is 1. The summed E-state index contributed by atoms with van der Waals surface area (Å²) in [4.78, 5) is 33.1. The third-order valence-corrected chi connectivity index (χ3v) is 2.89. The SMILES string of the molecule is COc1cc(/C=C/C(=O)N[C@@H](CCC(=O)O)C(=O)O)ccc1O. The Kier molecular flexibility index (Phi) is 6.60. The summed E-state index contributed by atoms with van der Waals surface area (Å²) < 4.78 is 4.93. The number of benzene rings is 1. The lowest BCUT2D eigenvalue weighted by Gasteiger charge is -2.11. The number of hydrogen-bond donors (Lipinski definition) is 4. The van der Waals surface area contributed by atoms with Crippen LogP contribution in [0.4, 0.5) is 0 Å². The number of hydrogen-bond acceptors (Lipinski definition) is 5. The number of nitrogens with one attached hydrogen (secondary N) is 1. The van der Waals surface area contributed by atoms with Crippen LogP contribution in [0.25, 0.3) is 6.08 Å². The van der Waals surface area contributed by atoms with E-state index < -0.39 is 23.9 Å². The van der Waals surface area contributed by atoms with Crippen LogP contribution in [0.1, 0.15) is 18.4 Å². The zero-order chi connectivity index (χ0) is 17.4. The van der Waals surface area contributed by atoms with Crippen molar-refractivity contribution < 1.29 is 34.4 Å². The molecular weight excluding hydrogens is 306 g/mol. The van der Waals surface area contributed by atoms with Crippen molar-refractivity contribution in [1.29, 1.82) is 0 Å². The van der Waals surface area contributed by atoms with Crippen LogP contribution in [0.5, 0.6) is 11.5 Å². The summed E-state index contributed by atoms with van der Waals surface area (Å²) in [5, 5.41) is 29.2. The van der Waals surface area contributed by atoms with Gasteiger partial charge >= 0.3 is 11.9 Å². The lowest BCUT2D eigenvalue weighted by Crippen LogP contribution is -2.40. The normalized spacial score (nSPS) is 11.9. The first kappa shape index (κ1) is 18.0. The highest BCUT2D eigenvalue weighted by atomic mass is 16.5. The topological polar surface area (TPSA) is 133 Å². The predicted molar refractivity (Wildman–Crippen MR) is 80.1 cm³/mol. The summed E-state index contributed by atoms with van der Waals surface area (Å²) in [6, 6.07) is 3.15. The molecule has 1 amide bonds. The minimum Gasteiger partial charge on any atom is -0.504 e. The first-order valence-corrected chi connectivity index (χ1v) is 6.63. The molecule has 0 heterocycles. The Balaban J connectivity index is 2.70. The van der Waals surface area contributed by atoms with Gasteiger partial charge in [-0.15, -0.1) is 0 Å². The number of phenols is 1. The summed E-state index contributed by atoms with van der Waals surface area (Å²) in [6.45, 7) is 0. The van der Waals surface area contributed by atoms with Crippen LogP contribution in [0.2, 0.25) is 0 Å². The Morgan fingerprint density at radius 2 is 2.00 bits per heavy atom. The average Bonchev–Trinajstić information content (AvgIpc) is 2.50. The second-order valence-electron chi connectivity index (χ2n) is 4.60. The van der Waals surface area contributed by atoms with Crippen LogP contribution in [0.3, 0.4) is 0 Å². The monoisotopic (exact) mass is 323 g/mol. The zero-order valence-electron chi connectivity index (χ0n) is 12.4. The maximum Gasteiger partial charge on any atom is 0.326 e. The highest BCUT2D eigenvalue weighted by molar-refractivity contribution is 5.94. The number of phenolic OH excluding ortho intramolecular Hbond substituents is 1. The van der Waals surface area contributed by atoms with Crippen molar-refractivity contribution in [3.8, 4) is 11.5 Å². The zero-order valence-corrected chi connectivity index (χ0v) is 12.4. The molecular formula is C15H17NO7. The van der Waals surface area contributed by atoms with E-state index in [1.165, 1.54) is 25.3 Å². The molecule has 124 valence electrons. The molecule has 0 bridgehead atoms. The van der Waals surface area contributed by atoms with E-state index in [0.717, 1.165) is 6.08 Å². The van der Waals surface area contributed by atoms with Crippen LogP contribution in [-0.2, 0) is 14.4 Å². The first-order chi connectivity index (χ1) is 10.8. The fourth-order valence-electron chi connectivity index (χ4n) is 1.71. The molecule has 0 aliphatic carbocycles. The number of methoxy groups -OCH3 is 1. The van der Waals surface area contributed by atoms with Gasteiger partial charge in [-0.3, -0.25) is 9.59 Å². The number of carbonyl (C=O) groups is 3. The number of carbonyl (C=O) groups excluding carboxylic acids is 1. The molecule has 0 aromatic heterocycles. The Labute approximate surface area is 132 Å². The quantitative estimate of drug-likeness (QED) is 0.521. The van der Waals surface area contributed by atoms with Gasteiger partial charge in [0.25, 0.3) is 0 Å². The van der Waals surface area contributed by atoms with Crippen LogP contribution < -0.4 is 10.1 Å². The van der Waals surface area contributed by atoms with E-state index in [-0.39, 0.29) is 24.3 Å². The van der Waals surface area contributed by atoms with Crippen molar-refractivity contribution >= 4 is 23.9 Å². The molecule has 0 unspecified atom stereocenters. The molecule has 1 aromatic carbocycles. The van der Waals surface area contributed by atoms with Gasteiger partial charge in [-0.25, -0.2) is 4.79 Å². The average molecular weight is 323 g/mol. The lowest BCUT2D eigenvalue weighted by molar-refractivity contribution is -0.142. The molecule has 0 aliphatic heterocycles. The Morgan fingerprint density at radius 3 is 2.57 bits per heavy atom. The third kappa shape index (κ3) is 6.08. The number of amides is 1. The van der Waals surface area contributed by atoms with Gasteiger partial charge in [0.05, 0.1) is 7.11 Å². The molecule has 1 atom stereocenters. The number of aromatic hydroxyl groups is 1. The van der Waals surface area contributed by atoms with Gasteiger partial charge in [0, 0.05) is 12.5 Å². The summed E-state index contributed by atoms with van der Waals surface area (Å²) in [5.41, 5.74) is 0.562. The molecule has 23 heavy (non-hydrogen) atoms. The molecule has 1 aromatic rings. The Bertz CT molecular complexity index is 624. The maximum absolute atomic E-state index is 11.7. The van der Waals surface area contributed by atoms with Crippen molar-refractivity contribution in [2.24, 2.45) is 0 Å². The molecule has 0 fully saturated rings. The number of carboxylic acids is 2. The van der Waals surface area contributed by atoms with E-state index in [2.05, 4.69) is 5.32 Å². The third-order valence-electron chi connectivity index (χ3n) is 2.89. The van der Waals surface area contributed by atoms with E-state index in [1.54, 1.807) is 6.07 Å². The standard InChI is InChI=1S/C15H17NO7/c1-23-12-8-9(2-5-11(12)17)3-6-13(18)16-10(15(21)22)4-7-14(19)20/h2-3,5-6,8,10,17H,4,7H2,1H3,(H,16,18)(H,19,20)(H,21,22)/b6-3+/t10-/m0/s1. The molecule has 0 saturated carbocycles. The summed E-state index contributed by atoms with van der Waals surface area (Å²) in [5.74, 6) is -2.93. The van der Waals surface area contributed by atoms with E-state index in [4.69, 9.17) is 14.9 Å². The maximum atomic E-state index is 11.7. The van der Waals surface area contributed by atoms with Crippen LogP contribution in [-0.4, -0.2) is 46.3 Å². The Hall–Kier alpha value is -3.03. The molecule has 4 N–H and O–H groups in total. The van der Waals surface area contributed by atoms with Crippen molar-refractivity contribution in [2.45, 2.75) is 18.9 Å². The molecule has 0 radical (unpaired) electrons. The second kappa shape index (κ2) is 8.42. The van der Waals surface area contributed by atoms with Gasteiger partial charge < -0.3 is 25.4 Å². The Morgan fingerprint density at radius 1 is 1.30 bits per heavy atom. The largest absolute Gasteiger partial charge is 0.504 e. The van der Waals surface area contributed by atoms with Crippen molar-refractivity contribution in [3.05, 3.63) is 29.8 Å². The molecule has 8 nitrogen and oxygen atoms in total. The molecule has 1 rings (SSSR count). The van der Waals surface area contributed by atoms with Gasteiger partial charge in [-0.05, 0) is 30.2 Å². The fourth-order valence-corrected chi connectivity index (χ4v) is 1.71.